The standard InChI is InChI=1S/C25H22ClN3O3/c1-27(2)18-13-11-16(12-14-18)22-21-23(32-29(22)19-8-4-3-5-9-19)25(31)28(24(21)30)20-10-6-7-17(26)15-20/h3-15,21-23H,1-2H3/t21-,22-,23+/m1/s1. The highest BCUT2D eigenvalue weighted by molar-refractivity contribution is 6.31. The van der Waals surface area contributed by atoms with Gasteiger partial charge in [-0.1, -0.05) is 48.0 Å². The maximum absolute atomic E-state index is 13.6. The van der Waals surface area contributed by atoms with Crippen LogP contribution in [0.25, 0.3) is 0 Å². The van der Waals surface area contributed by atoms with Crippen molar-refractivity contribution in [3.8, 4) is 0 Å². The van der Waals surface area contributed by atoms with E-state index >= 15 is 0 Å². The summed E-state index contributed by atoms with van der Waals surface area (Å²) in [6.07, 6.45) is -0.903. The number of amides is 2. The molecule has 162 valence electrons. The summed E-state index contributed by atoms with van der Waals surface area (Å²) < 4.78 is 0. The van der Waals surface area contributed by atoms with Crippen molar-refractivity contribution < 1.29 is 14.4 Å². The molecule has 3 atom stereocenters. The molecule has 3 aromatic carbocycles. The third-order valence-corrected chi connectivity index (χ3v) is 6.18. The number of para-hydroxylation sites is 1. The van der Waals surface area contributed by atoms with E-state index in [1.165, 1.54) is 4.90 Å². The zero-order valence-electron chi connectivity index (χ0n) is 17.7. The zero-order chi connectivity index (χ0) is 22.4. The molecule has 2 aliphatic heterocycles. The largest absolute Gasteiger partial charge is 0.378 e. The van der Waals surface area contributed by atoms with Crippen molar-refractivity contribution in [3.05, 3.63) is 89.4 Å². The number of anilines is 3. The number of halogens is 1. The molecular weight excluding hydrogens is 426 g/mol. The number of imide groups is 1. The maximum atomic E-state index is 13.6. The van der Waals surface area contributed by atoms with Gasteiger partial charge >= 0.3 is 0 Å². The number of fused-ring (bicyclic) bond motifs is 1. The van der Waals surface area contributed by atoms with Gasteiger partial charge in [-0.15, -0.1) is 0 Å². The van der Waals surface area contributed by atoms with Gasteiger partial charge in [0.15, 0.2) is 6.10 Å². The zero-order valence-corrected chi connectivity index (χ0v) is 18.4. The van der Waals surface area contributed by atoms with Gasteiger partial charge in [-0.3, -0.25) is 14.4 Å². The van der Waals surface area contributed by atoms with E-state index < -0.39 is 18.1 Å². The maximum Gasteiger partial charge on any atom is 0.266 e. The van der Waals surface area contributed by atoms with Crippen LogP contribution in [0.5, 0.6) is 0 Å². The van der Waals surface area contributed by atoms with E-state index in [-0.39, 0.29) is 11.8 Å². The van der Waals surface area contributed by atoms with Crippen LogP contribution < -0.4 is 14.9 Å². The number of nitrogens with zero attached hydrogens (tertiary/aromatic N) is 3. The molecule has 2 amide bonds. The van der Waals surface area contributed by atoms with Crippen LogP contribution in [0.1, 0.15) is 11.6 Å². The fourth-order valence-electron chi connectivity index (χ4n) is 4.39. The Morgan fingerprint density at radius 3 is 2.19 bits per heavy atom. The van der Waals surface area contributed by atoms with Crippen LogP contribution >= 0.6 is 11.6 Å². The highest BCUT2D eigenvalue weighted by Gasteiger charge is 2.60. The molecule has 0 spiro atoms. The average molecular weight is 448 g/mol. The molecule has 2 fully saturated rings. The molecule has 6 nitrogen and oxygen atoms in total. The summed E-state index contributed by atoms with van der Waals surface area (Å²) in [6, 6.07) is 23.8. The highest BCUT2D eigenvalue weighted by atomic mass is 35.5. The molecule has 0 radical (unpaired) electrons. The summed E-state index contributed by atoms with van der Waals surface area (Å²) in [7, 11) is 3.95. The smallest absolute Gasteiger partial charge is 0.266 e. The van der Waals surface area contributed by atoms with E-state index in [4.69, 9.17) is 16.4 Å². The number of benzene rings is 3. The molecule has 0 N–H and O–H groups in total. The first kappa shape index (κ1) is 20.5. The summed E-state index contributed by atoms with van der Waals surface area (Å²) in [4.78, 5) is 36.3. The lowest BCUT2D eigenvalue weighted by molar-refractivity contribution is -0.126. The van der Waals surface area contributed by atoms with Crippen LogP contribution in [0, 0.1) is 5.92 Å². The second-order valence-corrected chi connectivity index (χ2v) is 8.57. The van der Waals surface area contributed by atoms with Gasteiger partial charge in [-0.2, -0.15) is 0 Å². The second-order valence-electron chi connectivity index (χ2n) is 8.14. The number of hydrogen-bond donors (Lipinski definition) is 0. The van der Waals surface area contributed by atoms with Crippen molar-refractivity contribution in [1.29, 1.82) is 0 Å². The van der Waals surface area contributed by atoms with Crippen LogP contribution in [0.3, 0.4) is 0 Å². The van der Waals surface area contributed by atoms with E-state index in [2.05, 4.69) is 0 Å². The topological polar surface area (TPSA) is 53.1 Å². The SMILES string of the molecule is CN(C)c1ccc([C@@H]2[C@H]3C(=O)N(c4cccc(Cl)c4)C(=O)[C@H]3ON2c2ccccc2)cc1. The Bertz CT molecular complexity index is 1170. The van der Waals surface area contributed by atoms with Crippen molar-refractivity contribution >= 4 is 40.5 Å². The Balaban J connectivity index is 1.57. The Labute approximate surface area is 191 Å². The Morgan fingerprint density at radius 1 is 0.844 bits per heavy atom. The van der Waals surface area contributed by atoms with Gasteiger partial charge in [0.1, 0.15) is 5.92 Å². The van der Waals surface area contributed by atoms with Crippen LogP contribution in [0.2, 0.25) is 5.02 Å². The third-order valence-electron chi connectivity index (χ3n) is 5.94. The van der Waals surface area contributed by atoms with E-state index in [0.717, 1.165) is 16.9 Å². The van der Waals surface area contributed by atoms with Crippen molar-refractivity contribution in [2.24, 2.45) is 5.92 Å². The predicted molar refractivity (Wildman–Crippen MR) is 125 cm³/mol. The summed E-state index contributed by atoms with van der Waals surface area (Å²) in [5.74, 6) is -1.34. The highest BCUT2D eigenvalue weighted by Crippen LogP contribution is 2.47. The minimum Gasteiger partial charge on any atom is -0.378 e. The van der Waals surface area contributed by atoms with Gasteiger partial charge in [-0.25, -0.2) is 9.96 Å². The van der Waals surface area contributed by atoms with Crippen molar-refractivity contribution in [1.82, 2.24) is 0 Å². The number of hydroxylamine groups is 1. The van der Waals surface area contributed by atoms with Crippen LogP contribution in [-0.2, 0) is 14.4 Å². The lowest BCUT2D eigenvalue weighted by Gasteiger charge is -2.29. The van der Waals surface area contributed by atoms with E-state index in [9.17, 15) is 9.59 Å². The second kappa shape index (κ2) is 7.97. The van der Waals surface area contributed by atoms with Crippen LogP contribution in [0.4, 0.5) is 17.1 Å². The van der Waals surface area contributed by atoms with E-state index in [1.54, 1.807) is 29.3 Å². The first-order valence-corrected chi connectivity index (χ1v) is 10.8. The molecule has 5 rings (SSSR count). The molecule has 3 aromatic rings. The van der Waals surface area contributed by atoms with Gasteiger partial charge in [0.05, 0.1) is 17.4 Å². The molecule has 0 saturated carbocycles. The van der Waals surface area contributed by atoms with Gasteiger partial charge < -0.3 is 4.90 Å². The normalized spacial score (nSPS) is 22.4. The monoisotopic (exact) mass is 447 g/mol. The minimum absolute atomic E-state index is 0.289. The molecule has 2 heterocycles. The molecule has 0 aromatic heterocycles. The predicted octanol–water partition coefficient (Wildman–Crippen LogP) is 4.46. The van der Waals surface area contributed by atoms with Gasteiger partial charge in [0, 0.05) is 24.8 Å². The third kappa shape index (κ3) is 3.32. The van der Waals surface area contributed by atoms with Crippen molar-refractivity contribution in [2.45, 2.75) is 12.1 Å². The lowest BCUT2D eigenvalue weighted by atomic mass is 9.90. The first-order chi connectivity index (χ1) is 15.5. The summed E-state index contributed by atoms with van der Waals surface area (Å²) in [6.45, 7) is 0. The van der Waals surface area contributed by atoms with Crippen molar-refractivity contribution in [2.75, 3.05) is 29.0 Å². The Hall–Kier alpha value is -3.35. The number of rotatable bonds is 4. The number of carbonyl (C=O) groups is 2. The van der Waals surface area contributed by atoms with E-state index in [1.807, 2.05) is 73.6 Å². The molecule has 0 unspecified atom stereocenters. The Morgan fingerprint density at radius 2 is 1.53 bits per heavy atom. The molecule has 0 aliphatic carbocycles. The van der Waals surface area contributed by atoms with Crippen LogP contribution in [-0.4, -0.2) is 32.0 Å². The van der Waals surface area contributed by atoms with Gasteiger partial charge in [0.2, 0.25) is 5.91 Å². The quantitative estimate of drug-likeness (QED) is 0.553. The van der Waals surface area contributed by atoms with Gasteiger partial charge in [0.25, 0.3) is 5.91 Å². The molecule has 7 heteroatoms. The summed E-state index contributed by atoms with van der Waals surface area (Å²) in [5, 5.41) is 2.16. The molecular formula is C25H22ClN3O3. The van der Waals surface area contributed by atoms with Gasteiger partial charge in [-0.05, 0) is 48.0 Å². The van der Waals surface area contributed by atoms with Crippen molar-refractivity contribution in [3.63, 3.8) is 0 Å². The fourth-order valence-corrected chi connectivity index (χ4v) is 4.58. The van der Waals surface area contributed by atoms with Crippen LogP contribution in [0.15, 0.2) is 78.9 Å². The first-order valence-electron chi connectivity index (χ1n) is 10.4. The molecule has 2 aliphatic rings. The summed E-state index contributed by atoms with van der Waals surface area (Å²) >= 11 is 6.11. The molecule has 2 saturated heterocycles. The van der Waals surface area contributed by atoms with E-state index in [0.29, 0.717) is 10.7 Å². The molecule has 0 bridgehead atoms. The Kier molecular flexibility index (Phi) is 5.12. The summed E-state index contributed by atoms with van der Waals surface area (Å²) in [5.41, 5.74) is 3.20. The average Bonchev–Trinajstić information content (AvgIpc) is 3.30. The lowest BCUT2D eigenvalue weighted by Crippen LogP contribution is -2.37. The number of hydrogen-bond acceptors (Lipinski definition) is 5. The molecule has 32 heavy (non-hydrogen) atoms. The fraction of sp³-hybridized carbons (Fsp3) is 0.200. The minimum atomic E-state index is -0.903. The number of carbonyl (C=O) groups excluding carboxylic acids is 2.